The average molecular weight is 238 g/mol. The number of esters is 1. The summed E-state index contributed by atoms with van der Waals surface area (Å²) in [4.78, 5) is 10.6. The van der Waals surface area contributed by atoms with Crippen molar-refractivity contribution in [3.05, 3.63) is 10.2 Å². The number of carbonyl (C=O) groups excluding carboxylic acids is 1. The minimum Gasteiger partial charge on any atom is -0.469 e. The standard InChI is InChI=1S/C6H8BrNO2S/c1-10-6(9)2-5(8)4(7)3-11/h3H,2,8H2,1H3/b5-4+. The molecule has 0 rings (SSSR count). The first kappa shape index (κ1) is 10.6. The second-order valence-corrected chi connectivity index (χ2v) is 2.83. The number of hydrogen-bond donors (Lipinski definition) is 1. The summed E-state index contributed by atoms with van der Waals surface area (Å²) in [5.41, 5.74) is 5.82. The van der Waals surface area contributed by atoms with Gasteiger partial charge in [0.05, 0.1) is 13.5 Å². The van der Waals surface area contributed by atoms with E-state index in [9.17, 15) is 4.79 Å². The van der Waals surface area contributed by atoms with Gasteiger partial charge in [0.2, 0.25) is 0 Å². The van der Waals surface area contributed by atoms with Gasteiger partial charge in [-0.3, -0.25) is 4.79 Å². The number of hydrogen-bond acceptors (Lipinski definition) is 4. The van der Waals surface area contributed by atoms with E-state index in [-0.39, 0.29) is 12.4 Å². The van der Waals surface area contributed by atoms with Gasteiger partial charge in [-0.15, -0.1) is 0 Å². The van der Waals surface area contributed by atoms with Crippen molar-refractivity contribution in [3.63, 3.8) is 0 Å². The van der Waals surface area contributed by atoms with E-state index in [0.29, 0.717) is 10.2 Å². The quantitative estimate of drug-likeness (QED) is 0.454. The van der Waals surface area contributed by atoms with Gasteiger partial charge >= 0.3 is 5.97 Å². The summed E-state index contributed by atoms with van der Waals surface area (Å²) >= 11 is 7.67. The summed E-state index contributed by atoms with van der Waals surface area (Å²) in [5.74, 6) is -0.378. The lowest BCUT2D eigenvalue weighted by Gasteiger charge is -1.99. The highest BCUT2D eigenvalue weighted by molar-refractivity contribution is 9.12. The highest BCUT2D eigenvalue weighted by atomic mass is 79.9. The van der Waals surface area contributed by atoms with Crippen molar-refractivity contribution in [3.8, 4) is 0 Å². The maximum absolute atomic E-state index is 10.6. The first-order valence-corrected chi connectivity index (χ1v) is 4.04. The average Bonchev–Trinajstić information content (AvgIpc) is 2.02. The molecule has 0 aliphatic carbocycles. The molecule has 0 saturated carbocycles. The molecule has 0 spiro atoms. The third-order valence-corrected chi connectivity index (χ3v) is 2.25. The van der Waals surface area contributed by atoms with Crippen LogP contribution >= 0.6 is 28.1 Å². The molecule has 0 fully saturated rings. The van der Waals surface area contributed by atoms with Crippen LogP contribution in [0.15, 0.2) is 10.2 Å². The van der Waals surface area contributed by atoms with Gasteiger partial charge in [0.25, 0.3) is 0 Å². The van der Waals surface area contributed by atoms with Gasteiger partial charge < -0.3 is 10.5 Å². The predicted octanol–water partition coefficient (Wildman–Crippen LogP) is 1.11. The molecule has 2 N–H and O–H groups in total. The van der Waals surface area contributed by atoms with Gasteiger partial charge in [0.1, 0.15) is 0 Å². The fourth-order valence-corrected chi connectivity index (χ4v) is 0.679. The third kappa shape index (κ3) is 4.10. The van der Waals surface area contributed by atoms with E-state index in [2.05, 4.69) is 32.9 Å². The smallest absolute Gasteiger partial charge is 0.311 e. The fourth-order valence-electron chi connectivity index (χ4n) is 0.388. The Labute approximate surface area is 78.7 Å². The Morgan fingerprint density at radius 2 is 2.36 bits per heavy atom. The normalized spacial score (nSPS) is 11.8. The maximum Gasteiger partial charge on any atom is 0.311 e. The van der Waals surface area contributed by atoms with Crippen LogP contribution in [0.5, 0.6) is 0 Å². The second-order valence-electron chi connectivity index (χ2n) is 1.74. The molecule has 0 aromatic heterocycles. The number of allylic oxidation sites excluding steroid dienone is 1. The van der Waals surface area contributed by atoms with Crippen LogP contribution in [0, 0.1) is 0 Å². The highest BCUT2D eigenvalue weighted by Crippen LogP contribution is 2.08. The van der Waals surface area contributed by atoms with Crippen LogP contribution in [0.1, 0.15) is 6.42 Å². The molecule has 0 atom stereocenters. The molecular formula is C6H8BrNO2S. The zero-order valence-corrected chi connectivity index (χ0v) is 8.37. The topological polar surface area (TPSA) is 52.3 Å². The summed E-state index contributed by atoms with van der Waals surface area (Å²) in [7, 11) is 1.31. The lowest BCUT2D eigenvalue weighted by Crippen LogP contribution is -2.09. The molecule has 5 heteroatoms. The number of halogens is 1. The van der Waals surface area contributed by atoms with E-state index in [1.54, 1.807) is 0 Å². The van der Waals surface area contributed by atoms with E-state index in [1.165, 1.54) is 12.5 Å². The van der Waals surface area contributed by atoms with E-state index >= 15 is 0 Å². The first-order chi connectivity index (χ1) is 5.11. The zero-order chi connectivity index (χ0) is 8.85. The SMILES string of the molecule is COC(=O)C/C(N)=C(\Br)C=S. The van der Waals surface area contributed by atoms with Crippen molar-refractivity contribution in [2.45, 2.75) is 6.42 Å². The molecule has 0 aliphatic heterocycles. The largest absolute Gasteiger partial charge is 0.469 e. The fraction of sp³-hybridized carbons (Fsp3) is 0.333. The molecule has 0 aliphatic rings. The van der Waals surface area contributed by atoms with Crippen LogP contribution in [-0.4, -0.2) is 18.4 Å². The number of nitrogens with two attached hydrogens (primary N) is 1. The molecule has 0 unspecified atom stereocenters. The van der Waals surface area contributed by atoms with Crippen molar-refractivity contribution in [2.75, 3.05) is 7.11 Å². The van der Waals surface area contributed by atoms with E-state index in [0.717, 1.165) is 0 Å². The van der Waals surface area contributed by atoms with E-state index < -0.39 is 0 Å². The Hall–Kier alpha value is -0.420. The van der Waals surface area contributed by atoms with Crippen molar-refractivity contribution >= 4 is 39.5 Å². The van der Waals surface area contributed by atoms with Gasteiger partial charge in [-0.25, -0.2) is 0 Å². The molecule has 3 nitrogen and oxygen atoms in total. The molecule has 11 heavy (non-hydrogen) atoms. The number of thiocarbonyl (C=S) groups is 1. The van der Waals surface area contributed by atoms with Crippen molar-refractivity contribution in [1.29, 1.82) is 0 Å². The minimum absolute atomic E-state index is 0.0597. The molecule has 0 radical (unpaired) electrons. The van der Waals surface area contributed by atoms with Gasteiger partial charge in [-0.05, 0) is 15.9 Å². The first-order valence-electron chi connectivity index (χ1n) is 2.78. The van der Waals surface area contributed by atoms with Gasteiger partial charge in [0.15, 0.2) is 0 Å². The van der Waals surface area contributed by atoms with Crippen LogP contribution in [0.3, 0.4) is 0 Å². The van der Waals surface area contributed by atoms with E-state index in [1.807, 2.05) is 0 Å². The zero-order valence-electron chi connectivity index (χ0n) is 5.96. The van der Waals surface area contributed by atoms with Crippen LogP contribution in [0.2, 0.25) is 0 Å². The van der Waals surface area contributed by atoms with Crippen LogP contribution in [0.4, 0.5) is 0 Å². The second kappa shape index (κ2) is 5.26. The van der Waals surface area contributed by atoms with Gasteiger partial charge in [-0.1, -0.05) is 12.2 Å². The molecule has 0 bridgehead atoms. The number of ether oxygens (including phenoxy) is 1. The summed E-state index contributed by atoms with van der Waals surface area (Å²) in [6, 6.07) is 0. The molecular weight excluding hydrogens is 230 g/mol. The van der Waals surface area contributed by atoms with Crippen LogP contribution in [0.25, 0.3) is 0 Å². The number of methoxy groups -OCH3 is 1. The lowest BCUT2D eigenvalue weighted by molar-refractivity contribution is -0.139. The van der Waals surface area contributed by atoms with Crippen LogP contribution in [-0.2, 0) is 9.53 Å². The Morgan fingerprint density at radius 3 is 2.73 bits per heavy atom. The molecule has 62 valence electrons. The maximum atomic E-state index is 10.6. The molecule has 0 saturated heterocycles. The minimum atomic E-state index is -0.378. The highest BCUT2D eigenvalue weighted by Gasteiger charge is 2.04. The summed E-state index contributed by atoms with van der Waals surface area (Å²) in [5, 5.41) is 1.36. The van der Waals surface area contributed by atoms with Crippen molar-refractivity contribution in [1.82, 2.24) is 0 Å². The Morgan fingerprint density at radius 1 is 1.82 bits per heavy atom. The summed E-state index contributed by atoms with van der Waals surface area (Å²) in [6.07, 6.45) is 0.0597. The molecule has 0 heterocycles. The lowest BCUT2D eigenvalue weighted by atomic mass is 10.3. The summed E-state index contributed by atoms with van der Waals surface area (Å²) < 4.78 is 4.95. The molecule has 0 aromatic rings. The summed E-state index contributed by atoms with van der Waals surface area (Å²) in [6.45, 7) is 0. The molecule has 0 aromatic carbocycles. The monoisotopic (exact) mass is 237 g/mol. The number of rotatable bonds is 3. The van der Waals surface area contributed by atoms with Crippen molar-refractivity contribution in [2.24, 2.45) is 5.73 Å². The van der Waals surface area contributed by atoms with Gasteiger partial charge in [0, 0.05) is 15.5 Å². The molecule has 0 amide bonds. The Balaban J connectivity index is 4.16. The number of carbonyl (C=O) groups is 1. The Bertz CT molecular complexity index is 203. The predicted molar refractivity (Wildman–Crippen MR) is 50.4 cm³/mol. The third-order valence-electron chi connectivity index (χ3n) is 0.973. The Kier molecular flexibility index (Phi) is 5.06. The van der Waals surface area contributed by atoms with Gasteiger partial charge in [-0.2, -0.15) is 0 Å². The van der Waals surface area contributed by atoms with Crippen molar-refractivity contribution < 1.29 is 9.53 Å². The van der Waals surface area contributed by atoms with Crippen LogP contribution < -0.4 is 5.73 Å². The van der Waals surface area contributed by atoms with E-state index in [4.69, 9.17) is 5.73 Å².